The van der Waals surface area contributed by atoms with Gasteiger partial charge in [-0.05, 0) is 46.2 Å². The number of hydrogen-bond acceptors (Lipinski definition) is 4. The predicted octanol–water partition coefficient (Wildman–Crippen LogP) is 4.69. The highest BCUT2D eigenvalue weighted by Crippen LogP contribution is 2.32. The second-order valence-electron chi connectivity index (χ2n) is 6.21. The van der Waals surface area contributed by atoms with E-state index in [4.69, 9.17) is 9.47 Å². The van der Waals surface area contributed by atoms with E-state index < -0.39 is 0 Å². The molecule has 3 aromatic rings. The Morgan fingerprint density at radius 3 is 2.79 bits per heavy atom. The van der Waals surface area contributed by atoms with Gasteiger partial charge in [0.15, 0.2) is 11.5 Å². The van der Waals surface area contributed by atoms with Crippen molar-refractivity contribution >= 4 is 44.9 Å². The first kappa shape index (κ1) is 18.3. The van der Waals surface area contributed by atoms with Gasteiger partial charge in [-0.3, -0.25) is 4.79 Å². The van der Waals surface area contributed by atoms with Crippen LogP contribution in [0.3, 0.4) is 0 Å². The standard InChI is InChI=1S/C22H17BrN2O3/c23-19-9-8-16(17-5-1-2-6-18(17)19)13-22(26)25-24-11-3-4-15-7-10-20-21(12-15)28-14-27-20/h1-12H,13-14H2,(H,25,26)/b4-3+,24-11-. The van der Waals surface area contributed by atoms with Gasteiger partial charge in [0.25, 0.3) is 0 Å². The van der Waals surface area contributed by atoms with Crippen LogP contribution in [-0.2, 0) is 11.2 Å². The minimum absolute atomic E-state index is 0.166. The molecule has 0 aromatic heterocycles. The second kappa shape index (κ2) is 8.27. The van der Waals surface area contributed by atoms with Crippen molar-refractivity contribution in [2.24, 2.45) is 5.10 Å². The van der Waals surface area contributed by atoms with Crippen molar-refractivity contribution < 1.29 is 14.3 Å². The Morgan fingerprint density at radius 2 is 1.89 bits per heavy atom. The van der Waals surface area contributed by atoms with Crippen molar-refractivity contribution in [3.05, 3.63) is 76.3 Å². The maximum Gasteiger partial charge on any atom is 0.244 e. The summed E-state index contributed by atoms with van der Waals surface area (Å²) in [5, 5.41) is 6.12. The van der Waals surface area contributed by atoms with E-state index in [2.05, 4.69) is 26.5 Å². The Labute approximate surface area is 170 Å². The van der Waals surface area contributed by atoms with Crippen LogP contribution in [0.4, 0.5) is 0 Å². The average molecular weight is 437 g/mol. The summed E-state index contributed by atoms with van der Waals surface area (Å²) in [5.74, 6) is 1.31. The van der Waals surface area contributed by atoms with E-state index in [9.17, 15) is 4.79 Å². The number of fused-ring (bicyclic) bond motifs is 2. The Bertz CT molecular complexity index is 1090. The number of ether oxygens (including phenoxy) is 2. The van der Waals surface area contributed by atoms with Gasteiger partial charge in [0.05, 0.1) is 6.42 Å². The topological polar surface area (TPSA) is 59.9 Å². The van der Waals surface area contributed by atoms with Crippen molar-refractivity contribution in [3.8, 4) is 11.5 Å². The quantitative estimate of drug-likeness (QED) is 0.466. The van der Waals surface area contributed by atoms with Crippen LogP contribution >= 0.6 is 15.9 Å². The molecule has 0 radical (unpaired) electrons. The normalized spacial score (nSPS) is 12.9. The van der Waals surface area contributed by atoms with E-state index in [1.807, 2.05) is 60.7 Å². The lowest BCUT2D eigenvalue weighted by Crippen LogP contribution is -2.19. The minimum atomic E-state index is -0.166. The molecule has 0 saturated carbocycles. The highest BCUT2D eigenvalue weighted by Gasteiger charge is 2.12. The molecule has 0 spiro atoms. The number of benzene rings is 3. The molecule has 0 fully saturated rings. The van der Waals surface area contributed by atoms with Crippen LogP contribution < -0.4 is 14.9 Å². The van der Waals surface area contributed by atoms with Gasteiger partial charge in [-0.2, -0.15) is 5.10 Å². The molecule has 0 saturated heterocycles. The van der Waals surface area contributed by atoms with E-state index in [1.54, 1.807) is 12.3 Å². The number of nitrogens with one attached hydrogen (secondary N) is 1. The molecule has 3 aromatic carbocycles. The van der Waals surface area contributed by atoms with Crippen LogP contribution in [0.2, 0.25) is 0 Å². The molecule has 28 heavy (non-hydrogen) atoms. The largest absolute Gasteiger partial charge is 0.454 e. The fraction of sp³-hybridized carbons (Fsp3) is 0.0909. The maximum atomic E-state index is 12.2. The molecule has 1 N–H and O–H groups in total. The summed E-state index contributed by atoms with van der Waals surface area (Å²) in [7, 11) is 0. The lowest BCUT2D eigenvalue weighted by Gasteiger charge is -2.07. The molecule has 6 heteroatoms. The zero-order valence-corrected chi connectivity index (χ0v) is 16.5. The van der Waals surface area contributed by atoms with Gasteiger partial charge in [-0.25, -0.2) is 5.43 Å². The average Bonchev–Trinajstić information content (AvgIpc) is 3.18. The first-order valence-corrected chi connectivity index (χ1v) is 9.54. The maximum absolute atomic E-state index is 12.2. The lowest BCUT2D eigenvalue weighted by atomic mass is 10.0. The Hall–Kier alpha value is -3.12. The zero-order valence-electron chi connectivity index (χ0n) is 14.9. The smallest absolute Gasteiger partial charge is 0.244 e. The van der Waals surface area contributed by atoms with Crippen LogP contribution in [0.25, 0.3) is 16.8 Å². The summed E-state index contributed by atoms with van der Waals surface area (Å²) in [6.45, 7) is 0.254. The first-order valence-electron chi connectivity index (χ1n) is 8.75. The van der Waals surface area contributed by atoms with Crippen molar-refractivity contribution in [1.82, 2.24) is 5.43 Å². The molecular weight excluding hydrogens is 420 g/mol. The van der Waals surface area contributed by atoms with Crippen molar-refractivity contribution in [2.75, 3.05) is 6.79 Å². The van der Waals surface area contributed by atoms with Crippen molar-refractivity contribution in [3.63, 3.8) is 0 Å². The molecule has 1 amide bonds. The number of hydrazone groups is 1. The fourth-order valence-corrected chi connectivity index (χ4v) is 3.49. The van der Waals surface area contributed by atoms with Gasteiger partial charge < -0.3 is 9.47 Å². The second-order valence-corrected chi connectivity index (χ2v) is 7.07. The molecule has 0 bridgehead atoms. The number of halogens is 1. The monoisotopic (exact) mass is 436 g/mol. The number of nitrogens with zero attached hydrogens (tertiary/aromatic N) is 1. The molecule has 4 rings (SSSR count). The van der Waals surface area contributed by atoms with Crippen LogP contribution in [0.5, 0.6) is 11.5 Å². The third-order valence-corrected chi connectivity index (χ3v) is 5.04. The number of amides is 1. The van der Waals surface area contributed by atoms with Gasteiger partial charge in [-0.1, -0.05) is 58.4 Å². The van der Waals surface area contributed by atoms with Crippen LogP contribution in [-0.4, -0.2) is 18.9 Å². The SMILES string of the molecule is O=C(Cc1ccc(Br)c2ccccc12)N/N=C\C=C\c1ccc2c(c1)OCO2. The van der Waals surface area contributed by atoms with Gasteiger partial charge in [0.1, 0.15) is 0 Å². The molecule has 140 valence electrons. The summed E-state index contributed by atoms with van der Waals surface area (Å²) < 4.78 is 11.6. The third kappa shape index (κ3) is 4.07. The van der Waals surface area contributed by atoms with Gasteiger partial charge in [0.2, 0.25) is 12.7 Å². The molecule has 0 atom stereocenters. The van der Waals surface area contributed by atoms with Crippen molar-refractivity contribution in [1.29, 1.82) is 0 Å². The molecule has 5 nitrogen and oxygen atoms in total. The highest BCUT2D eigenvalue weighted by molar-refractivity contribution is 9.10. The Kier molecular flexibility index (Phi) is 5.39. The van der Waals surface area contributed by atoms with Crippen LogP contribution in [0.1, 0.15) is 11.1 Å². The molecule has 1 aliphatic heterocycles. The highest BCUT2D eigenvalue weighted by atomic mass is 79.9. The van der Waals surface area contributed by atoms with Crippen LogP contribution in [0, 0.1) is 0 Å². The Morgan fingerprint density at radius 1 is 1.07 bits per heavy atom. The summed E-state index contributed by atoms with van der Waals surface area (Å²) in [6.07, 6.45) is 5.44. The summed E-state index contributed by atoms with van der Waals surface area (Å²) in [5.41, 5.74) is 4.48. The van der Waals surface area contributed by atoms with Gasteiger partial charge in [0, 0.05) is 10.7 Å². The molecule has 1 aliphatic rings. The van der Waals surface area contributed by atoms with Gasteiger partial charge in [-0.15, -0.1) is 0 Å². The third-order valence-electron chi connectivity index (χ3n) is 4.35. The zero-order chi connectivity index (χ0) is 19.3. The fourth-order valence-electron chi connectivity index (χ4n) is 3.01. The summed E-state index contributed by atoms with van der Waals surface area (Å²) in [4.78, 5) is 12.2. The van der Waals surface area contributed by atoms with Crippen LogP contribution in [0.15, 0.2) is 70.2 Å². The van der Waals surface area contributed by atoms with E-state index in [1.165, 1.54) is 0 Å². The Balaban J connectivity index is 1.35. The van der Waals surface area contributed by atoms with E-state index in [0.29, 0.717) is 0 Å². The van der Waals surface area contributed by atoms with E-state index in [-0.39, 0.29) is 19.1 Å². The lowest BCUT2D eigenvalue weighted by molar-refractivity contribution is -0.120. The number of carbonyl (C=O) groups excluding carboxylic acids is 1. The number of rotatable bonds is 5. The number of allylic oxidation sites excluding steroid dienone is 1. The summed E-state index contributed by atoms with van der Waals surface area (Å²) in [6, 6.07) is 17.6. The summed E-state index contributed by atoms with van der Waals surface area (Å²) >= 11 is 3.55. The molecule has 1 heterocycles. The van der Waals surface area contributed by atoms with E-state index >= 15 is 0 Å². The molecular formula is C22H17BrN2O3. The predicted molar refractivity (Wildman–Crippen MR) is 114 cm³/mol. The molecule has 0 unspecified atom stereocenters. The van der Waals surface area contributed by atoms with Crippen molar-refractivity contribution in [2.45, 2.75) is 6.42 Å². The van der Waals surface area contributed by atoms with E-state index in [0.717, 1.165) is 37.9 Å². The number of hydrogen-bond donors (Lipinski definition) is 1. The molecule has 0 aliphatic carbocycles. The minimum Gasteiger partial charge on any atom is -0.454 e. The number of carbonyl (C=O) groups is 1. The van der Waals surface area contributed by atoms with Gasteiger partial charge >= 0.3 is 0 Å². The first-order chi connectivity index (χ1) is 13.7.